The standard InChI is InChI=1S/C12H15Br2NO/c1-7(8-2-3-8)15-6-9-4-10(13)5-11(14)12(9)16/h4-5,7-8,15-16H,2-3,6H2,1H3. The Hall–Kier alpha value is -0.0600. The lowest BCUT2D eigenvalue weighted by Crippen LogP contribution is -2.27. The molecule has 1 aromatic carbocycles. The first-order valence-electron chi connectivity index (χ1n) is 5.48. The zero-order valence-electron chi connectivity index (χ0n) is 9.13. The Bertz CT molecular complexity index is 391. The zero-order chi connectivity index (χ0) is 11.7. The minimum absolute atomic E-state index is 0.332. The van der Waals surface area contributed by atoms with Crippen LogP contribution < -0.4 is 5.32 Å². The zero-order valence-corrected chi connectivity index (χ0v) is 12.3. The third-order valence-corrected chi connectivity index (χ3v) is 4.11. The van der Waals surface area contributed by atoms with Crippen molar-refractivity contribution in [2.24, 2.45) is 5.92 Å². The molecule has 0 bridgehead atoms. The van der Waals surface area contributed by atoms with Crippen molar-refractivity contribution in [3.8, 4) is 5.75 Å². The number of phenolic OH excluding ortho intramolecular Hbond substituents is 1. The van der Waals surface area contributed by atoms with Crippen LogP contribution in [0.5, 0.6) is 5.75 Å². The van der Waals surface area contributed by atoms with Gasteiger partial charge in [-0.3, -0.25) is 0 Å². The molecule has 2 rings (SSSR count). The van der Waals surface area contributed by atoms with Gasteiger partial charge in [0.1, 0.15) is 5.75 Å². The van der Waals surface area contributed by atoms with Gasteiger partial charge in [-0.15, -0.1) is 0 Å². The Morgan fingerprint density at radius 2 is 2.12 bits per heavy atom. The summed E-state index contributed by atoms with van der Waals surface area (Å²) in [5, 5.41) is 13.3. The van der Waals surface area contributed by atoms with Crippen molar-refractivity contribution in [1.82, 2.24) is 5.32 Å². The molecule has 4 heteroatoms. The summed E-state index contributed by atoms with van der Waals surface area (Å²) in [5.41, 5.74) is 0.925. The lowest BCUT2D eigenvalue weighted by Gasteiger charge is -2.14. The first-order chi connectivity index (χ1) is 7.58. The van der Waals surface area contributed by atoms with Crippen LogP contribution in [0, 0.1) is 5.92 Å². The third-order valence-electron chi connectivity index (χ3n) is 3.05. The normalized spacial score (nSPS) is 17.4. The number of hydrogen-bond donors (Lipinski definition) is 2. The highest BCUT2D eigenvalue weighted by atomic mass is 79.9. The number of aromatic hydroxyl groups is 1. The highest BCUT2D eigenvalue weighted by Crippen LogP contribution is 2.34. The van der Waals surface area contributed by atoms with Crippen LogP contribution in [0.15, 0.2) is 21.1 Å². The Kier molecular flexibility index (Phi) is 3.93. The van der Waals surface area contributed by atoms with Crippen LogP contribution in [0.3, 0.4) is 0 Å². The predicted molar refractivity (Wildman–Crippen MR) is 72.5 cm³/mol. The first-order valence-corrected chi connectivity index (χ1v) is 7.07. The molecule has 1 aliphatic rings. The van der Waals surface area contributed by atoms with E-state index < -0.39 is 0 Å². The number of nitrogens with one attached hydrogen (secondary N) is 1. The molecule has 0 radical (unpaired) electrons. The molecule has 16 heavy (non-hydrogen) atoms. The Balaban J connectivity index is 2.02. The van der Waals surface area contributed by atoms with Crippen LogP contribution >= 0.6 is 31.9 Å². The molecule has 0 amide bonds. The summed E-state index contributed by atoms with van der Waals surface area (Å²) in [6.45, 7) is 2.92. The van der Waals surface area contributed by atoms with Crippen molar-refractivity contribution in [2.45, 2.75) is 32.4 Å². The van der Waals surface area contributed by atoms with E-state index in [1.54, 1.807) is 0 Å². The van der Waals surface area contributed by atoms with Crippen molar-refractivity contribution < 1.29 is 5.11 Å². The first kappa shape index (κ1) is 12.4. The summed E-state index contributed by atoms with van der Waals surface area (Å²) >= 11 is 6.76. The van der Waals surface area contributed by atoms with E-state index >= 15 is 0 Å². The molecule has 0 aliphatic heterocycles. The van der Waals surface area contributed by atoms with Crippen molar-refractivity contribution >= 4 is 31.9 Å². The van der Waals surface area contributed by atoms with Crippen LogP contribution in [-0.2, 0) is 6.54 Å². The number of phenols is 1. The van der Waals surface area contributed by atoms with Crippen LogP contribution in [0.4, 0.5) is 0 Å². The summed E-state index contributed by atoms with van der Waals surface area (Å²) in [4.78, 5) is 0. The maximum absolute atomic E-state index is 9.88. The van der Waals surface area contributed by atoms with Gasteiger partial charge in [0.2, 0.25) is 0 Å². The van der Waals surface area contributed by atoms with Gasteiger partial charge in [-0.05, 0) is 53.7 Å². The molecule has 2 N–H and O–H groups in total. The molecule has 1 fully saturated rings. The summed E-state index contributed by atoms with van der Waals surface area (Å²) in [6.07, 6.45) is 2.67. The molecule has 88 valence electrons. The smallest absolute Gasteiger partial charge is 0.134 e. The minimum Gasteiger partial charge on any atom is -0.506 e. The van der Waals surface area contributed by atoms with Gasteiger partial charge in [0, 0.05) is 22.6 Å². The van der Waals surface area contributed by atoms with E-state index in [0.29, 0.717) is 18.3 Å². The van der Waals surface area contributed by atoms with Crippen LogP contribution in [0.2, 0.25) is 0 Å². The van der Waals surface area contributed by atoms with E-state index in [2.05, 4.69) is 44.1 Å². The van der Waals surface area contributed by atoms with Gasteiger partial charge < -0.3 is 10.4 Å². The summed E-state index contributed by atoms with van der Waals surface area (Å²) in [7, 11) is 0. The van der Waals surface area contributed by atoms with E-state index in [-0.39, 0.29) is 0 Å². The predicted octanol–water partition coefficient (Wildman–Crippen LogP) is 3.81. The Labute approximate surface area is 113 Å². The monoisotopic (exact) mass is 347 g/mol. The van der Waals surface area contributed by atoms with Crippen molar-refractivity contribution in [1.29, 1.82) is 0 Å². The van der Waals surface area contributed by atoms with Gasteiger partial charge in [0.05, 0.1) is 4.47 Å². The highest BCUT2D eigenvalue weighted by molar-refractivity contribution is 9.11. The summed E-state index contributed by atoms with van der Waals surface area (Å²) in [6, 6.07) is 4.34. The molecular weight excluding hydrogens is 334 g/mol. The second-order valence-electron chi connectivity index (χ2n) is 4.40. The van der Waals surface area contributed by atoms with Crippen LogP contribution in [0.1, 0.15) is 25.3 Å². The second kappa shape index (κ2) is 5.07. The third kappa shape index (κ3) is 2.99. The van der Waals surface area contributed by atoms with Crippen molar-refractivity contribution in [3.05, 3.63) is 26.6 Å². The maximum Gasteiger partial charge on any atom is 0.134 e. The topological polar surface area (TPSA) is 32.3 Å². The molecule has 0 saturated heterocycles. The average molecular weight is 349 g/mol. The minimum atomic E-state index is 0.332. The number of hydrogen-bond acceptors (Lipinski definition) is 2. The molecule has 1 atom stereocenters. The van der Waals surface area contributed by atoms with Crippen LogP contribution in [-0.4, -0.2) is 11.1 Å². The molecule has 0 heterocycles. The maximum atomic E-state index is 9.88. The number of benzene rings is 1. The van der Waals surface area contributed by atoms with Crippen molar-refractivity contribution in [3.63, 3.8) is 0 Å². The second-order valence-corrected chi connectivity index (χ2v) is 6.17. The molecule has 2 nitrogen and oxygen atoms in total. The summed E-state index contributed by atoms with van der Waals surface area (Å²) < 4.78 is 1.71. The van der Waals surface area contributed by atoms with E-state index in [9.17, 15) is 5.11 Å². The molecule has 1 aromatic rings. The molecule has 1 aliphatic carbocycles. The molecule has 0 spiro atoms. The molecular formula is C12H15Br2NO. The van der Waals surface area contributed by atoms with E-state index in [1.165, 1.54) is 12.8 Å². The lowest BCUT2D eigenvalue weighted by atomic mass is 10.1. The van der Waals surface area contributed by atoms with Gasteiger partial charge >= 0.3 is 0 Å². The van der Waals surface area contributed by atoms with Gasteiger partial charge in [0.15, 0.2) is 0 Å². The van der Waals surface area contributed by atoms with Crippen LogP contribution in [0.25, 0.3) is 0 Å². The number of halogens is 2. The quantitative estimate of drug-likeness (QED) is 0.867. The number of rotatable bonds is 4. The fourth-order valence-electron chi connectivity index (χ4n) is 1.79. The Morgan fingerprint density at radius 1 is 1.44 bits per heavy atom. The molecule has 0 aromatic heterocycles. The van der Waals surface area contributed by atoms with Crippen molar-refractivity contribution in [2.75, 3.05) is 0 Å². The lowest BCUT2D eigenvalue weighted by molar-refractivity contribution is 0.448. The van der Waals surface area contributed by atoms with E-state index in [0.717, 1.165) is 20.4 Å². The van der Waals surface area contributed by atoms with Gasteiger partial charge in [-0.1, -0.05) is 15.9 Å². The molecule has 1 unspecified atom stereocenters. The largest absolute Gasteiger partial charge is 0.506 e. The Morgan fingerprint density at radius 3 is 2.75 bits per heavy atom. The fraction of sp³-hybridized carbons (Fsp3) is 0.500. The molecule has 1 saturated carbocycles. The summed E-state index contributed by atoms with van der Waals surface area (Å²) in [5.74, 6) is 1.16. The van der Waals surface area contributed by atoms with Gasteiger partial charge in [-0.2, -0.15) is 0 Å². The fourth-order valence-corrected chi connectivity index (χ4v) is 3.10. The average Bonchev–Trinajstić information content (AvgIpc) is 3.04. The van der Waals surface area contributed by atoms with E-state index in [4.69, 9.17) is 0 Å². The SMILES string of the molecule is CC(NCc1cc(Br)cc(Br)c1O)C1CC1. The van der Waals surface area contributed by atoms with Gasteiger partial charge in [0.25, 0.3) is 0 Å². The van der Waals surface area contributed by atoms with E-state index in [1.807, 2.05) is 12.1 Å². The van der Waals surface area contributed by atoms with Gasteiger partial charge in [-0.25, -0.2) is 0 Å². The highest BCUT2D eigenvalue weighted by Gasteiger charge is 2.27.